The van der Waals surface area contributed by atoms with Gasteiger partial charge >= 0.3 is 5.97 Å². The Morgan fingerprint density at radius 2 is 1.49 bits per heavy atom. The molecule has 0 aliphatic heterocycles. The molecule has 12 nitrogen and oxygen atoms in total. The number of aromatic amines is 1. The minimum absolute atomic E-state index is 0.0599. The van der Waals surface area contributed by atoms with Crippen molar-refractivity contribution in [1.29, 1.82) is 0 Å². The molecule has 0 saturated heterocycles. The molecule has 0 aliphatic carbocycles. The molecule has 6 atom stereocenters. The Morgan fingerprint density at radius 1 is 0.897 bits per heavy atom. The Balaban J connectivity index is 2.34. The second-order valence-electron chi connectivity index (χ2n) is 9.98. The number of H-pyrrole nitrogens is 1. The highest BCUT2D eigenvalue weighted by atomic mass is 16.4. The fourth-order valence-corrected chi connectivity index (χ4v) is 4.20. The summed E-state index contributed by atoms with van der Waals surface area (Å²) in [7, 11) is 0. The summed E-state index contributed by atoms with van der Waals surface area (Å²) in [5.74, 6) is -4.65. The zero-order valence-electron chi connectivity index (χ0n) is 22.8. The molecule has 0 fully saturated rings. The Morgan fingerprint density at radius 3 is 2.08 bits per heavy atom. The van der Waals surface area contributed by atoms with E-state index in [1.165, 1.54) is 0 Å². The van der Waals surface area contributed by atoms with Crippen LogP contribution in [0.1, 0.15) is 52.5 Å². The van der Waals surface area contributed by atoms with Gasteiger partial charge in [-0.2, -0.15) is 0 Å². The van der Waals surface area contributed by atoms with Crippen LogP contribution in [-0.2, 0) is 30.4 Å². The third-order valence-electron chi connectivity index (χ3n) is 7.06. The lowest BCUT2D eigenvalue weighted by Crippen LogP contribution is -2.59. The van der Waals surface area contributed by atoms with Crippen LogP contribution in [0.4, 0.5) is 0 Å². The number of amides is 4. The Hall–Kier alpha value is -3.93. The molecule has 0 bridgehead atoms. The minimum atomic E-state index is -1.26. The summed E-state index contributed by atoms with van der Waals surface area (Å²) < 4.78 is 0. The van der Waals surface area contributed by atoms with E-state index in [-0.39, 0.29) is 18.3 Å². The van der Waals surface area contributed by atoms with Crippen molar-refractivity contribution in [3.63, 3.8) is 0 Å². The number of carbonyl (C=O) groups is 5. The second-order valence-corrected chi connectivity index (χ2v) is 9.98. The first-order valence-electron chi connectivity index (χ1n) is 13.1. The summed E-state index contributed by atoms with van der Waals surface area (Å²) in [5, 5.41) is 18.3. The molecule has 1 heterocycles. The molecule has 9 N–H and O–H groups in total. The van der Waals surface area contributed by atoms with Crippen molar-refractivity contribution in [2.24, 2.45) is 23.3 Å². The Labute approximate surface area is 227 Å². The van der Waals surface area contributed by atoms with Gasteiger partial charge in [-0.3, -0.25) is 19.2 Å². The fourth-order valence-electron chi connectivity index (χ4n) is 4.20. The van der Waals surface area contributed by atoms with Gasteiger partial charge in [-0.05, 0) is 23.5 Å². The standard InChI is InChI=1S/C27H40N6O6/c1-5-14(3)22(26(37)33-23(27(38)39)15(4)6-2)32-25(36)20(31-24(35)18(28)12-21(29)34)11-16-13-30-19-10-8-7-9-17(16)19/h7-10,13-15,18,20,22-23,30H,5-6,11-12,28H2,1-4H3,(H2,29,34)(H,31,35)(H,32,36)(H,33,37)(H,38,39). The van der Waals surface area contributed by atoms with Crippen molar-refractivity contribution in [1.82, 2.24) is 20.9 Å². The monoisotopic (exact) mass is 544 g/mol. The molecule has 0 aliphatic rings. The molecule has 2 rings (SSSR count). The van der Waals surface area contributed by atoms with Crippen molar-refractivity contribution < 1.29 is 29.1 Å². The number of fused-ring (bicyclic) bond motifs is 1. The lowest BCUT2D eigenvalue weighted by molar-refractivity contribution is -0.144. The van der Waals surface area contributed by atoms with Gasteiger partial charge < -0.3 is 37.5 Å². The molecule has 6 unspecified atom stereocenters. The summed E-state index contributed by atoms with van der Waals surface area (Å²) in [6.45, 7) is 7.15. The molecule has 0 spiro atoms. The van der Waals surface area contributed by atoms with Crippen LogP contribution >= 0.6 is 0 Å². The average Bonchev–Trinajstić information content (AvgIpc) is 3.30. The molecular weight excluding hydrogens is 504 g/mol. The summed E-state index contributed by atoms with van der Waals surface area (Å²) in [5.41, 5.74) is 12.5. The van der Waals surface area contributed by atoms with Gasteiger partial charge in [-0.15, -0.1) is 0 Å². The Kier molecular flexibility index (Phi) is 11.5. The maximum absolute atomic E-state index is 13.6. The van der Waals surface area contributed by atoms with Crippen LogP contribution in [0.5, 0.6) is 0 Å². The largest absolute Gasteiger partial charge is 0.480 e. The van der Waals surface area contributed by atoms with Gasteiger partial charge in [0.1, 0.15) is 18.1 Å². The van der Waals surface area contributed by atoms with Crippen LogP contribution in [0.15, 0.2) is 30.5 Å². The number of benzene rings is 1. The maximum atomic E-state index is 13.6. The summed E-state index contributed by atoms with van der Waals surface area (Å²) in [6.07, 6.45) is 2.43. The molecule has 214 valence electrons. The SMILES string of the molecule is CCC(C)C(NC(=O)C(NC(=O)C(Cc1c[nH]c2ccccc12)NC(=O)C(N)CC(N)=O)C(C)CC)C(=O)O. The quantitative estimate of drug-likeness (QED) is 0.169. The van der Waals surface area contributed by atoms with Crippen LogP contribution in [0.2, 0.25) is 0 Å². The highest BCUT2D eigenvalue weighted by Crippen LogP contribution is 2.20. The zero-order valence-corrected chi connectivity index (χ0v) is 22.8. The number of aromatic nitrogens is 1. The highest BCUT2D eigenvalue weighted by Gasteiger charge is 2.34. The molecule has 4 amide bonds. The van der Waals surface area contributed by atoms with Crippen LogP contribution in [0.25, 0.3) is 10.9 Å². The summed E-state index contributed by atoms with van der Waals surface area (Å²) >= 11 is 0. The van der Waals surface area contributed by atoms with Crippen LogP contribution in [0, 0.1) is 11.8 Å². The number of nitrogens with two attached hydrogens (primary N) is 2. The zero-order chi connectivity index (χ0) is 29.3. The van der Waals surface area contributed by atoms with E-state index in [4.69, 9.17) is 11.5 Å². The second kappa shape index (κ2) is 14.3. The number of hydrogen-bond donors (Lipinski definition) is 7. The number of carboxylic acid groups (broad SMARTS) is 1. The molecule has 2 aromatic rings. The van der Waals surface area contributed by atoms with E-state index in [9.17, 15) is 29.1 Å². The van der Waals surface area contributed by atoms with Crippen molar-refractivity contribution >= 4 is 40.5 Å². The number of rotatable bonds is 15. The minimum Gasteiger partial charge on any atom is -0.480 e. The lowest BCUT2D eigenvalue weighted by Gasteiger charge is -2.29. The van der Waals surface area contributed by atoms with E-state index in [2.05, 4.69) is 20.9 Å². The normalized spacial score (nSPS) is 15.8. The van der Waals surface area contributed by atoms with Crippen molar-refractivity contribution in [3.8, 4) is 0 Å². The van der Waals surface area contributed by atoms with E-state index < -0.39 is 60.2 Å². The molecule has 39 heavy (non-hydrogen) atoms. The molecule has 12 heteroatoms. The van der Waals surface area contributed by atoms with Crippen molar-refractivity contribution in [3.05, 3.63) is 36.0 Å². The van der Waals surface area contributed by atoms with E-state index in [0.29, 0.717) is 12.8 Å². The highest BCUT2D eigenvalue weighted by molar-refractivity contribution is 5.95. The number of nitrogens with one attached hydrogen (secondary N) is 4. The van der Waals surface area contributed by atoms with E-state index in [0.717, 1.165) is 16.5 Å². The number of hydrogen-bond acceptors (Lipinski definition) is 6. The number of carboxylic acids is 1. The van der Waals surface area contributed by atoms with E-state index >= 15 is 0 Å². The predicted molar refractivity (Wildman–Crippen MR) is 146 cm³/mol. The third-order valence-corrected chi connectivity index (χ3v) is 7.06. The van der Waals surface area contributed by atoms with Crippen molar-refractivity contribution in [2.75, 3.05) is 0 Å². The Bertz CT molecular complexity index is 1180. The van der Waals surface area contributed by atoms with Gasteiger partial charge in [-0.1, -0.05) is 58.7 Å². The van der Waals surface area contributed by atoms with E-state index in [1.54, 1.807) is 20.0 Å². The number of aliphatic carboxylic acids is 1. The summed E-state index contributed by atoms with van der Waals surface area (Å²) in [6, 6.07) is 2.84. The van der Waals surface area contributed by atoms with Gasteiger partial charge in [0.05, 0.1) is 12.5 Å². The average molecular weight is 545 g/mol. The van der Waals surface area contributed by atoms with Gasteiger partial charge in [-0.25, -0.2) is 4.79 Å². The third kappa shape index (κ3) is 8.54. The van der Waals surface area contributed by atoms with Crippen LogP contribution < -0.4 is 27.4 Å². The smallest absolute Gasteiger partial charge is 0.326 e. The maximum Gasteiger partial charge on any atom is 0.326 e. The first-order valence-corrected chi connectivity index (χ1v) is 13.1. The first-order chi connectivity index (χ1) is 18.4. The van der Waals surface area contributed by atoms with E-state index in [1.807, 2.05) is 38.1 Å². The first kappa shape index (κ1) is 31.3. The number of carbonyl (C=O) groups excluding carboxylic acids is 4. The van der Waals surface area contributed by atoms with Crippen molar-refractivity contribution in [2.45, 2.75) is 77.5 Å². The topological polar surface area (TPSA) is 210 Å². The molecule has 1 aromatic heterocycles. The number of para-hydroxylation sites is 1. The summed E-state index contributed by atoms with van der Waals surface area (Å²) in [4.78, 5) is 65.7. The fraction of sp³-hybridized carbons (Fsp3) is 0.519. The predicted octanol–water partition coefficient (Wildman–Crippen LogP) is 0.544. The van der Waals surface area contributed by atoms with Gasteiger partial charge in [0.25, 0.3) is 0 Å². The molecule has 0 radical (unpaired) electrons. The van der Waals surface area contributed by atoms with Crippen LogP contribution in [0.3, 0.4) is 0 Å². The van der Waals surface area contributed by atoms with Gasteiger partial charge in [0.2, 0.25) is 23.6 Å². The lowest BCUT2D eigenvalue weighted by atomic mass is 9.94. The van der Waals surface area contributed by atoms with Crippen LogP contribution in [-0.4, -0.2) is 63.9 Å². The van der Waals surface area contributed by atoms with Gasteiger partial charge in [0, 0.05) is 23.5 Å². The molecule has 0 saturated carbocycles. The van der Waals surface area contributed by atoms with Gasteiger partial charge in [0.15, 0.2) is 0 Å². The molecular formula is C27H40N6O6. The molecule has 1 aromatic carbocycles. The number of primary amides is 1.